The summed E-state index contributed by atoms with van der Waals surface area (Å²) in [5.41, 5.74) is 0. The van der Waals surface area contributed by atoms with Gasteiger partial charge in [0.05, 0.1) is 13.2 Å². The van der Waals surface area contributed by atoms with E-state index < -0.39 is 9.28 Å². The van der Waals surface area contributed by atoms with Crippen LogP contribution in [0.4, 0.5) is 0 Å². The standard InChI is InChI=1S/C21H44O4Si/c1-22-26(23-2)18-16-14-12-10-8-6-4-3-5-7-9-11-13-15-17-24-19-21-20-25-21/h21,26H,3-20H2,1-2H3. The molecule has 5 heteroatoms. The van der Waals surface area contributed by atoms with Crippen molar-refractivity contribution in [3.8, 4) is 0 Å². The van der Waals surface area contributed by atoms with Gasteiger partial charge >= 0.3 is 9.28 Å². The molecule has 1 unspecified atom stereocenters. The van der Waals surface area contributed by atoms with Crippen molar-refractivity contribution in [1.29, 1.82) is 0 Å². The van der Waals surface area contributed by atoms with Crippen LogP contribution in [0.1, 0.15) is 89.9 Å². The molecule has 1 atom stereocenters. The Labute approximate surface area is 164 Å². The Balaban J connectivity index is 1.63. The van der Waals surface area contributed by atoms with Gasteiger partial charge in [-0.15, -0.1) is 0 Å². The van der Waals surface area contributed by atoms with E-state index in [1.807, 2.05) is 0 Å². The van der Waals surface area contributed by atoms with Crippen LogP contribution in [-0.2, 0) is 18.3 Å². The molecule has 0 aromatic rings. The molecule has 0 saturated carbocycles. The molecule has 1 aliphatic rings. The van der Waals surface area contributed by atoms with Crippen LogP contribution in [0.15, 0.2) is 0 Å². The van der Waals surface area contributed by atoms with Gasteiger partial charge in [0.2, 0.25) is 0 Å². The van der Waals surface area contributed by atoms with E-state index in [1.54, 1.807) is 14.2 Å². The average Bonchev–Trinajstić information content (AvgIpc) is 3.48. The fourth-order valence-electron chi connectivity index (χ4n) is 3.35. The zero-order chi connectivity index (χ0) is 18.7. The summed E-state index contributed by atoms with van der Waals surface area (Å²) in [4.78, 5) is 0. The maximum atomic E-state index is 5.56. The SMILES string of the molecule is CO[SiH](CCCCCCCCCCCCCCCCOCC1CO1)OC. The smallest absolute Gasteiger partial charge is 0.320 e. The van der Waals surface area contributed by atoms with E-state index >= 15 is 0 Å². The fourth-order valence-corrected chi connectivity index (χ4v) is 4.63. The van der Waals surface area contributed by atoms with Crippen molar-refractivity contribution >= 4 is 9.28 Å². The van der Waals surface area contributed by atoms with Crippen LogP contribution in [0.2, 0.25) is 6.04 Å². The Morgan fingerprint density at radius 1 is 0.692 bits per heavy atom. The molecule has 1 heterocycles. The molecule has 1 fully saturated rings. The average molecular weight is 389 g/mol. The lowest BCUT2D eigenvalue weighted by Crippen LogP contribution is -2.18. The minimum atomic E-state index is -1.30. The topological polar surface area (TPSA) is 40.2 Å². The summed E-state index contributed by atoms with van der Waals surface area (Å²) in [6.45, 7) is 2.64. The minimum Gasteiger partial charge on any atom is -0.400 e. The second kappa shape index (κ2) is 18.4. The van der Waals surface area contributed by atoms with E-state index in [4.69, 9.17) is 18.3 Å². The molecule has 0 radical (unpaired) electrons. The van der Waals surface area contributed by atoms with Crippen molar-refractivity contribution in [3.05, 3.63) is 0 Å². The highest BCUT2D eigenvalue weighted by Gasteiger charge is 2.21. The molecule has 4 nitrogen and oxygen atoms in total. The molecule has 26 heavy (non-hydrogen) atoms. The van der Waals surface area contributed by atoms with E-state index in [1.165, 1.54) is 89.9 Å². The summed E-state index contributed by atoms with van der Waals surface area (Å²) in [6.07, 6.45) is 19.7. The predicted octanol–water partition coefficient (Wildman–Crippen LogP) is 5.38. The molecule has 0 N–H and O–H groups in total. The van der Waals surface area contributed by atoms with E-state index in [-0.39, 0.29) is 0 Å². The van der Waals surface area contributed by atoms with Crippen molar-refractivity contribution in [2.75, 3.05) is 34.0 Å². The van der Waals surface area contributed by atoms with Gasteiger partial charge < -0.3 is 18.3 Å². The molecule has 1 saturated heterocycles. The van der Waals surface area contributed by atoms with E-state index in [0.29, 0.717) is 6.10 Å². The zero-order valence-electron chi connectivity index (χ0n) is 17.5. The third kappa shape index (κ3) is 16.2. The van der Waals surface area contributed by atoms with Gasteiger partial charge in [0.25, 0.3) is 0 Å². The van der Waals surface area contributed by atoms with Crippen LogP contribution in [0, 0.1) is 0 Å². The first-order chi connectivity index (χ1) is 12.9. The van der Waals surface area contributed by atoms with E-state index in [9.17, 15) is 0 Å². The third-order valence-electron chi connectivity index (χ3n) is 5.21. The maximum Gasteiger partial charge on any atom is 0.320 e. The largest absolute Gasteiger partial charge is 0.400 e. The van der Waals surface area contributed by atoms with Gasteiger partial charge in [0.1, 0.15) is 6.10 Å². The summed E-state index contributed by atoms with van der Waals surface area (Å²) < 4.78 is 21.4. The van der Waals surface area contributed by atoms with Crippen molar-refractivity contribution in [3.63, 3.8) is 0 Å². The number of ether oxygens (including phenoxy) is 2. The lowest BCUT2D eigenvalue weighted by Gasteiger charge is -2.10. The summed E-state index contributed by atoms with van der Waals surface area (Å²) in [7, 11) is 2.26. The Kier molecular flexibility index (Phi) is 17.1. The van der Waals surface area contributed by atoms with Crippen molar-refractivity contribution in [2.45, 2.75) is 102 Å². The Morgan fingerprint density at radius 3 is 1.54 bits per heavy atom. The van der Waals surface area contributed by atoms with E-state index in [0.717, 1.165) is 25.9 Å². The third-order valence-corrected chi connectivity index (χ3v) is 7.14. The van der Waals surface area contributed by atoms with Gasteiger partial charge in [-0.3, -0.25) is 0 Å². The molecule has 156 valence electrons. The van der Waals surface area contributed by atoms with Crippen molar-refractivity contribution in [1.82, 2.24) is 0 Å². The highest BCUT2D eigenvalue weighted by Crippen LogP contribution is 2.14. The molecule has 1 rings (SSSR count). The molecular weight excluding hydrogens is 344 g/mol. The molecule has 1 aliphatic heterocycles. The van der Waals surface area contributed by atoms with Crippen LogP contribution in [-0.4, -0.2) is 49.4 Å². The fraction of sp³-hybridized carbons (Fsp3) is 1.00. The molecule has 0 spiro atoms. The van der Waals surface area contributed by atoms with Crippen LogP contribution in [0.3, 0.4) is 0 Å². The number of unbranched alkanes of at least 4 members (excludes halogenated alkanes) is 13. The van der Waals surface area contributed by atoms with Gasteiger partial charge in [-0.2, -0.15) is 0 Å². The van der Waals surface area contributed by atoms with Gasteiger partial charge in [0, 0.05) is 20.8 Å². The Bertz CT molecular complexity index is 283. The number of rotatable bonds is 21. The maximum absolute atomic E-state index is 5.56. The highest BCUT2D eigenvalue weighted by atomic mass is 28.3. The van der Waals surface area contributed by atoms with E-state index in [2.05, 4.69) is 0 Å². The monoisotopic (exact) mass is 388 g/mol. The zero-order valence-corrected chi connectivity index (χ0v) is 18.7. The van der Waals surface area contributed by atoms with Crippen LogP contribution in [0.25, 0.3) is 0 Å². The van der Waals surface area contributed by atoms with Gasteiger partial charge in [-0.25, -0.2) is 0 Å². The van der Waals surface area contributed by atoms with Crippen LogP contribution >= 0.6 is 0 Å². The van der Waals surface area contributed by atoms with Gasteiger partial charge in [-0.1, -0.05) is 83.5 Å². The lowest BCUT2D eigenvalue weighted by atomic mass is 10.0. The quantitative estimate of drug-likeness (QED) is 0.150. The molecule has 0 aromatic heterocycles. The minimum absolute atomic E-state index is 0.418. The van der Waals surface area contributed by atoms with Crippen LogP contribution in [0.5, 0.6) is 0 Å². The first-order valence-electron chi connectivity index (χ1n) is 11.1. The second-order valence-electron chi connectivity index (χ2n) is 7.67. The Hall–Kier alpha value is 0.0569. The van der Waals surface area contributed by atoms with Crippen molar-refractivity contribution in [2.24, 2.45) is 0 Å². The number of hydrogen-bond acceptors (Lipinski definition) is 4. The Morgan fingerprint density at radius 2 is 1.12 bits per heavy atom. The number of hydrogen-bond donors (Lipinski definition) is 0. The molecular formula is C21H44O4Si. The normalized spacial score (nSPS) is 16.5. The summed E-state index contributed by atoms with van der Waals surface area (Å²) in [6, 6.07) is 1.16. The lowest BCUT2D eigenvalue weighted by molar-refractivity contribution is 0.113. The molecule has 0 amide bonds. The summed E-state index contributed by atoms with van der Waals surface area (Å²) in [5, 5.41) is 0. The predicted molar refractivity (Wildman–Crippen MR) is 111 cm³/mol. The molecule has 0 aliphatic carbocycles. The first-order valence-corrected chi connectivity index (χ1v) is 12.9. The summed E-state index contributed by atoms with van der Waals surface area (Å²) >= 11 is 0. The van der Waals surface area contributed by atoms with Crippen molar-refractivity contribution < 1.29 is 18.3 Å². The second-order valence-corrected chi connectivity index (χ2v) is 10.0. The molecule has 0 aromatic carbocycles. The van der Waals surface area contributed by atoms with Crippen LogP contribution < -0.4 is 0 Å². The van der Waals surface area contributed by atoms with Gasteiger partial charge in [0.15, 0.2) is 0 Å². The van der Waals surface area contributed by atoms with Gasteiger partial charge in [-0.05, 0) is 12.5 Å². The molecule has 0 bridgehead atoms. The highest BCUT2D eigenvalue weighted by molar-refractivity contribution is 6.44. The summed E-state index contributed by atoms with van der Waals surface area (Å²) in [5.74, 6) is 0. The number of epoxide rings is 1. The first kappa shape index (κ1) is 24.1.